The standard InChI is InChI=1S/C50H58ClF3N8O4SSi/c1-26(2)68(27(3)4,28(5)6)20-16-31-24-64-42-38-41(40(54)37(39(42)51)33-14-15-35(53)43-36(33)34(22-55)46(67-43)60-48(63)66-49(8,9)10)58-47(65-25-50-17-12-19-61(50)23-30(52)21-50)59-45(38)62(31)29(7)32-13-11-18-57-44(32)56/h11,13-15,18,26-31H,12,17,19,21,23-25H2,1-10H3,(H2,56,57)(H,60,63)/t29?,30-,31+,50+/m1/s1. The zero-order chi connectivity index (χ0) is 49.2. The van der Waals surface area contributed by atoms with Crippen molar-refractivity contribution in [2.75, 3.05) is 42.3 Å². The summed E-state index contributed by atoms with van der Waals surface area (Å²) in [6.45, 7) is 21.4. The number of amides is 1. The summed E-state index contributed by atoms with van der Waals surface area (Å²) in [5.74, 6) is 2.57. The zero-order valence-electron chi connectivity index (χ0n) is 40.1. The normalized spacial score (nSPS) is 20.0. The Morgan fingerprint density at radius 3 is 2.50 bits per heavy atom. The van der Waals surface area contributed by atoms with Crippen LogP contribution in [0.2, 0.25) is 21.6 Å². The average molecular weight is 988 g/mol. The van der Waals surface area contributed by atoms with E-state index < -0.39 is 55.2 Å². The largest absolute Gasteiger partial charge is 0.488 e. The van der Waals surface area contributed by atoms with Crippen molar-refractivity contribution >= 4 is 74.7 Å². The first-order valence-corrected chi connectivity index (χ1v) is 26.6. The molecule has 68 heavy (non-hydrogen) atoms. The van der Waals surface area contributed by atoms with Crippen LogP contribution in [0.1, 0.15) is 106 Å². The van der Waals surface area contributed by atoms with Crippen LogP contribution < -0.4 is 25.4 Å². The Bertz CT molecular complexity index is 2890. The molecule has 6 heterocycles. The number of pyridine rings is 1. The Morgan fingerprint density at radius 2 is 1.84 bits per heavy atom. The quantitative estimate of drug-likeness (QED) is 0.102. The van der Waals surface area contributed by atoms with Crippen molar-refractivity contribution in [3.05, 3.63) is 58.2 Å². The van der Waals surface area contributed by atoms with Crippen molar-refractivity contribution in [2.24, 2.45) is 0 Å². The number of thiophene rings is 1. The van der Waals surface area contributed by atoms with E-state index in [9.17, 15) is 10.1 Å². The highest BCUT2D eigenvalue weighted by Crippen LogP contribution is 2.53. The minimum atomic E-state index is -2.37. The summed E-state index contributed by atoms with van der Waals surface area (Å²) >= 11 is 8.23. The number of halogens is 4. The molecule has 18 heteroatoms. The third kappa shape index (κ3) is 8.58. The molecule has 2 aromatic carbocycles. The lowest BCUT2D eigenvalue weighted by Crippen LogP contribution is -2.45. The van der Waals surface area contributed by atoms with Gasteiger partial charge >= 0.3 is 12.1 Å². The Hall–Kier alpha value is -5.33. The van der Waals surface area contributed by atoms with Crippen LogP contribution >= 0.6 is 22.9 Å². The van der Waals surface area contributed by atoms with Crippen LogP contribution in [0.15, 0.2) is 30.5 Å². The monoisotopic (exact) mass is 986 g/mol. The number of aromatic nitrogens is 3. The van der Waals surface area contributed by atoms with Gasteiger partial charge in [0.1, 0.15) is 73.1 Å². The van der Waals surface area contributed by atoms with E-state index in [0.29, 0.717) is 35.2 Å². The van der Waals surface area contributed by atoms with Crippen molar-refractivity contribution in [1.29, 1.82) is 5.26 Å². The molecule has 1 amide bonds. The molecule has 3 aromatic heterocycles. The SMILES string of the molecule is CC(c1cccnc1N)N1c2nc(OC[C@@]34CCCN3C[C@H](F)C4)nc3c(F)c(-c4ccc(F)c5sc(NC(=O)OC(C)(C)C)c(C#N)c45)c(Cl)c(c23)OC[C@@H]1C#C[Si](C(C)C)(C(C)C)C(C)C. The van der Waals surface area contributed by atoms with Gasteiger partial charge in [-0.1, -0.05) is 71.2 Å². The number of nitrogens with two attached hydrogens (primary N) is 1. The molecule has 3 N–H and O–H groups in total. The molecular weight excluding hydrogens is 929 g/mol. The van der Waals surface area contributed by atoms with Crippen molar-refractivity contribution < 1.29 is 32.2 Å². The van der Waals surface area contributed by atoms with Gasteiger partial charge in [0.15, 0.2) is 11.6 Å². The van der Waals surface area contributed by atoms with E-state index in [1.165, 1.54) is 6.07 Å². The number of nitrogens with zero attached hydrogens (tertiary/aromatic N) is 6. The van der Waals surface area contributed by atoms with E-state index in [2.05, 4.69) is 74.3 Å². The lowest BCUT2D eigenvalue weighted by Gasteiger charge is -2.39. The molecule has 0 spiro atoms. The number of nitriles is 1. The number of alkyl halides is 1. The average Bonchev–Trinajstić information content (AvgIpc) is 3.88. The number of fused-ring (bicyclic) bond motifs is 2. The zero-order valence-corrected chi connectivity index (χ0v) is 42.7. The van der Waals surface area contributed by atoms with Crippen LogP contribution in [0.3, 0.4) is 0 Å². The van der Waals surface area contributed by atoms with Crippen LogP contribution in [0, 0.1) is 34.4 Å². The minimum absolute atomic E-state index is 0.00223. The summed E-state index contributed by atoms with van der Waals surface area (Å²) in [5.41, 5.74) is 10.0. The molecule has 5 aromatic rings. The predicted octanol–water partition coefficient (Wildman–Crippen LogP) is 12.1. The van der Waals surface area contributed by atoms with E-state index in [1.807, 2.05) is 17.9 Å². The van der Waals surface area contributed by atoms with E-state index in [1.54, 1.807) is 33.0 Å². The van der Waals surface area contributed by atoms with Gasteiger partial charge in [-0.15, -0.1) is 16.9 Å². The number of hydrogen-bond donors (Lipinski definition) is 2. The Labute approximate surface area is 405 Å². The molecule has 3 aliphatic rings. The smallest absolute Gasteiger partial charge is 0.412 e. The van der Waals surface area contributed by atoms with Crippen LogP contribution in [-0.4, -0.2) is 83.7 Å². The first kappa shape index (κ1) is 49.1. The van der Waals surface area contributed by atoms with Crippen LogP contribution in [0.25, 0.3) is 32.1 Å². The molecule has 360 valence electrons. The highest BCUT2D eigenvalue weighted by atomic mass is 35.5. The molecule has 12 nitrogen and oxygen atoms in total. The predicted molar refractivity (Wildman–Crippen MR) is 266 cm³/mol. The molecular formula is C50H58ClF3N8O4SSi. The molecule has 1 unspecified atom stereocenters. The second-order valence-electron chi connectivity index (χ2n) is 20.1. The summed E-state index contributed by atoms with van der Waals surface area (Å²) in [5, 5.41) is 13.2. The number of carbonyl (C=O) groups is 1. The van der Waals surface area contributed by atoms with Crippen LogP contribution in [-0.2, 0) is 4.74 Å². The van der Waals surface area contributed by atoms with E-state index in [4.69, 9.17) is 41.5 Å². The van der Waals surface area contributed by atoms with Gasteiger partial charge in [-0.25, -0.2) is 22.9 Å². The van der Waals surface area contributed by atoms with Gasteiger partial charge in [-0.2, -0.15) is 15.2 Å². The van der Waals surface area contributed by atoms with Crippen molar-refractivity contribution in [1.82, 2.24) is 19.9 Å². The highest BCUT2D eigenvalue weighted by molar-refractivity contribution is 7.23. The van der Waals surface area contributed by atoms with Gasteiger partial charge in [0.25, 0.3) is 0 Å². The number of nitrogen functional groups attached to an aromatic ring is 1. The number of anilines is 3. The van der Waals surface area contributed by atoms with Crippen molar-refractivity contribution in [2.45, 2.75) is 135 Å². The van der Waals surface area contributed by atoms with E-state index >= 15 is 13.2 Å². The van der Waals surface area contributed by atoms with E-state index in [-0.39, 0.29) is 90.7 Å². The Kier molecular flexibility index (Phi) is 13.4. The maximum absolute atomic E-state index is 18.2. The maximum Gasteiger partial charge on any atom is 0.412 e. The fraction of sp³-hybridized carbons (Fsp3) is 0.500. The Morgan fingerprint density at radius 1 is 1.12 bits per heavy atom. The molecule has 2 fully saturated rings. The summed E-state index contributed by atoms with van der Waals surface area (Å²) in [6, 6.07) is 6.76. The summed E-state index contributed by atoms with van der Waals surface area (Å²) in [4.78, 5) is 31.3. The molecule has 0 aliphatic carbocycles. The van der Waals surface area contributed by atoms with Crippen LogP contribution in [0.4, 0.5) is 34.6 Å². The Balaban J connectivity index is 1.40. The number of benzene rings is 2. The molecule has 4 atom stereocenters. The minimum Gasteiger partial charge on any atom is -0.488 e. The summed E-state index contributed by atoms with van der Waals surface area (Å²) in [6.07, 6.45) is 1.58. The van der Waals surface area contributed by atoms with Crippen molar-refractivity contribution in [3.8, 4) is 40.4 Å². The lowest BCUT2D eigenvalue weighted by molar-refractivity contribution is 0.0636. The fourth-order valence-electron chi connectivity index (χ4n) is 11.0. The highest BCUT2D eigenvalue weighted by Gasteiger charge is 2.50. The van der Waals surface area contributed by atoms with Gasteiger partial charge < -0.3 is 24.8 Å². The first-order chi connectivity index (χ1) is 32.1. The van der Waals surface area contributed by atoms with Crippen LogP contribution in [0.5, 0.6) is 11.8 Å². The van der Waals surface area contributed by atoms with Gasteiger partial charge in [0.05, 0.1) is 32.3 Å². The molecule has 3 aliphatic heterocycles. The lowest BCUT2D eigenvalue weighted by atomic mass is 9.95. The molecule has 0 bridgehead atoms. The summed E-state index contributed by atoms with van der Waals surface area (Å²) < 4.78 is 67.8. The topological polar surface area (TPSA) is 152 Å². The third-order valence-electron chi connectivity index (χ3n) is 14.0. The van der Waals surface area contributed by atoms with Gasteiger partial charge in [-0.05, 0) is 81.4 Å². The molecule has 0 saturated carbocycles. The number of ether oxygens (including phenoxy) is 3. The second-order valence-corrected chi connectivity index (χ2v) is 27.1. The number of rotatable bonds is 10. The molecule has 0 radical (unpaired) electrons. The second kappa shape index (κ2) is 18.5. The number of nitrogens with one attached hydrogen (secondary N) is 1. The number of carbonyl (C=O) groups excluding carboxylic acids is 1. The van der Waals surface area contributed by atoms with Gasteiger partial charge in [0, 0.05) is 35.7 Å². The maximum atomic E-state index is 18.2. The van der Waals surface area contributed by atoms with Crippen molar-refractivity contribution in [3.63, 3.8) is 0 Å². The third-order valence-corrected chi connectivity index (χ3v) is 21.8. The summed E-state index contributed by atoms with van der Waals surface area (Å²) in [7, 11) is -2.37. The number of hydrogen-bond acceptors (Lipinski definition) is 12. The van der Waals surface area contributed by atoms with Gasteiger partial charge in [-0.3, -0.25) is 10.2 Å². The van der Waals surface area contributed by atoms with Gasteiger partial charge in [0.2, 0.25) is 0 Å². The fourth-order valence-corrected chi connectivity index (χ4v) is 17.7. The molecule has 2 saturated heterocycles. The first-order valence-electron chi connectivity index (χ1n) is 23.2. The van der Waals surface area contributed by atoms with E-state index in [0.717, 1.165) is 30.4 Å². The molecule has 8 rings (SSSR count).